The first kappa shape index (κ1) is 12.4. The van der Waals surface area contributed by atoms with Crippen molar-refractivity contribution in [1.82, 2.24) is 5.32 Å². The summed E-state index contributed by atoms with van der Waals surface area (Å²) in [5.41, 5.74) is 0. The third-order valence-electron chi connectivity index (χ3n) is 5.13. The summed E-state index contributed by atoms with van der Waals surface area (Å²) in [6.45, 7) is 2.81. The number of ether oxygens (including phenoxy) is 1. The molecule has 0 aromatic rings. The van der Waals surface area contributed by atoms with Gasteiger partial charge in [0.15, 0.2) is 0 Å². The van der Waals surface area contributed by atoms with Crippen LogP contribution in [0.5, 0.6) is 0 Å². The highest BCUT2D eigenvalue weighted by Gasteiger charge is 2.52. The first-order chi connectivity index (χ1) is 8.69. The molecule has 3 saturated carbocycles. The Balaban J connectivity index is 1.55. The molecule has 0 aromatic heterocycles. The van der Waals surface area contributed by atoms with Gasteiger partial charge in [0.1, 0.15) is 0 Å². The molecule has 4 atom stereocenters. The van der Waals surface area contributed by atoms with E-state index in [0.29, 0.717) is 24.0 Å². The lowest BCUT2D eigenvalue weighted by Crippen LogP contribution is -2.54. The van der Waals surface area contributed by atoms with Crippen molar-refractivity contribution in [2.75, 3.05) is 6.61 Å². The lowest BCUT2D eigenvalue weighted by Gasteiger charge is -2.40. The number of hydrogen-bond acceptors (Lipinski definition) is 3. The Kier molecular flexibility index (Phi) is 3.32. The van der Waals surface area contributed by atoms with E-state index in [1.165, 1.54) is 6.42 Å². The van der Waals surface area contributed by atoms with Gasteiger partial charge in [-0.2, -0.15) is 0 Å². The van der Waals surface area contributed by atoms with Crippen LogP contribution in [0.3, 0.4) is 0 Å². The molecule has 0 aromatic carbocycles. The van der Waals surface area contributed by atoms with Gasteiger partial charge in [0.25, 0.3) is 0 Å². The molecule has 0 aliphatic heterocycles. The summed E-state index contributed by atoms with van der Waals surface area (Å²) in [6, 6.07) is 0.696. The summed E-state index contributed by atoms with van der Waals surface area (Å²) in [4.78, 5) is 11.4. The Morgan fingerprint density at radius 3 is 2.67 bits per heavy atom. The predicted octanol–water partition coefficient (Wildman–Crippen LogP) is 1.64. The van der Waals surface area contributed by atoms with E-state index in [2.05, 4.69) is 5.32 Å². The molecule has 0 spiro atoms. The minimum Gasteiger partial charge on any atom is -0.481 e. The number of hydrogen-bond donors (Lipinski definition) is 2. The molecule has 18 heavy (non-hydrogen) atoms. The summed E-state index contributed by atoms with van der Waals surface area (Å²) in [5.74, 6) is 0.283. The van der Waals surface area contributed by atoms with E-state index in [9.17, 15) is 9.90 Å². The second kappa shape index (κ2) is 4.82. The predicted molar refractivity (Wildman–Crippen MR) is 67.3 cm³/mol. The van der Waals surface area contributed by atoms with Crippen molar-refractivity contribution in [3.05, 3.63) is 0 Å². The van der Waals surface area contributed by atoms with Crippen molar-refractivity contribution in [3.63, 3.8) is 0 Å². The van der Waals surface area contributed by atoms with Gasteiger partial charge in [-0.25, -0.2) is 0 Å². The number of aliphatic carboxylic acids is 1. The Morgan fingerprint density at radius 2 is 2.00 bits per heavy atom. The average molecular weight is 253 g/mol. The van der Waals surface area contributed by atoms with Gasteiger partial charge < -0.3 is 15.2 Å². The molecule has 3 rings (SSSR count). The molecular formula is C14H23NO3. The van der Waals surface area contributed by atoms with Gasteiger partial charge in [-0.3, -0.25) is 4.79 Å². The summed E-state index contributed by atoms with van der Waals surface area (Å²) < 4.78 is 5.55. The zero-order chi connectivity index (χ0) is 12.7. The van der Waals surface area contributed by atoms with Gasteiger partial charge in [0, 0.05) is 18.7 Å². The van der Waals surface area contributed by atoms with Crippen LogP contribution in [0, 0.1) is 17.8 Å². The molecule has 4 heteroatoms. The van der Waals surface area contributed by atoms with Gasteiger partial charge in [0.05, 0.1) is 12.0 Å². The molecule has 2 bridgehead atoms. The fourth-order valence-electron chi connectivity index (χ4n) is 4.23. The van der Waals surface area contributed by atoms with Crippen LogP contribution < -0.4 is 5.32 Å². The Hall–Kier alpha value is -0.610. The molecule has 0 saturated heterocycles. The maximum absolute atomic E-state index is 11.4. The van der Waals surface area contributed by atoms with Gasteiger partial charge in [-0.15, -0.1) is 0 Å². The third-order valence-corrected chi connectivity index (χ3v) is 5.13. The number of nitrogens with one attached hydrogen (secondary N) is 1. The quantitative estimate of drug-likeness (QED) is 0.782. The van der Waals surface area contributed by atoms with E-state index in [1.807, 2.05) is 6.92 Å². The summed E-state index contributed by atoms with van der Waals surface area (Å²) in [5, 5.41) is 13.0. The van der Waals surface area contributed by atoms with Crippen LogP contribution in [-0.2, 0) is 9.53 Å². The number of carbonyl (C=O) groups is 1. The van der Waals surface area contributed by atoms with E-state index in [-0.39, 0.29) is 12.0 Å². The first-order valence-corrected chi connectivity index (χ1v) is 7.29. The smallest absolute Gasteiger partial charge is 0.308 e. The molecule has 4 unspecified atom stereocenters. The Bertz CT molecular complexity index is 327. The molecule has 4 nitrogen and oxygen atoms in total. The highest BCUT2D eigenvalue weighted by Crippen LogP contribution is 2.49. The van der Waals surface area contributed by atoms with E-state index in [1.54, 1.807) is 0 Å². The van der Waals surface area contributed by atoms with Crippen LogP contribution in [0.4, 0.5) is 0 Å². The molecule has 2 N–H and O–H groups in total. The van der Waals surface area contributed by atoms with Gasteiger partial charge in [-0.05, 0) is 50.9 Å². The summed E-state index contributed by atoms with van der Waals surface area (Å²) >= 11 is 0. The third kappa shape index (κ3) is 2.05. The lowest BCUT2D eigenvalue weighted by molar-refractivity contribution is -0.144. The standard InChI is InChI=1S/C14H23NO3/c1-2-18-11-6-10(7-11)15-13-9-4-3-8(5-9)12(13)14(16)17/h8-13,15H,2-7H2,1H3,(H,16,17). The SMILES string of the molecule is CCOC1CC(NC2C3CCC(C3)C2C(=O)O)C1. The second-order valence-electron chi connectivity index (χ2n) is 6.14. The molecular weight excluding hydrogens is 230 g/mol. The van der Waals surface area contributed by atoms with E-state index >= 15 is 0 Å². The molecule has 102 valence electrons. The molecule has 0 radical (unpaired) electrons. The van der Waals surface area contributed by atoms with Crippen LogP contribution in [0.25, 0.3) is 0 Å². The molecule has 3 aliphatic carbocycles. The van der Waals surface area contributed by atoms with Crippen LogP contribution in [0.2, 0.25) is 0 Å². The Morgan fingerprint density at radius 1 is 1.28 bits per heavy atom. The highest BCUT2D eigenvalue weighted by atomic mass is 16.5. The van der Waals surface area contributed by atoms with Crippen LogP contribution >= 0.6 is 0 Å². The maximum atomic E-state index is 11.4. The highest BCUT2D eigenvalue weighted by molar-refractivity contribution is 5.72. The van der Waals surface area contributed by atoms with Crippen molar-refractivity contribution in [3.8, 4) is 0 Å². The minimum absolute atomic E-state index is 0.144. The number of rotatable bonds is 5. The van der Waals surface area contributed by atoms with Crippen molar-refractivity contribution >= 4 is 5.97 Å². The zero-order valence-corrected chi connectivity index (χ0v) is 11.0. The van der Waals surface area contributed by atoms with Crippen molar-refractivity contribution in [2.24, 2.45) is 17.8 Å². The number of carboxylic acid groups (broad SMARTS) is 1. The second-order valence-corrected chi connectivity index (χ2v) is 6.14. The lowest BCUT2D eigenvalue weighted by atomic mass is 9.81. The maximum Gasteiger partial charge on any atom is 0.308 e. The summed E-state index contributed by atoms with van der Waals surface area (Å²) in [6.07, 6.45) is 5.95. The fourth-order valence-corrected chi connectivity index (χ4v) is 4.23. The fraction of sp³-hybridized carbons (Fsp3) is 0.929. The largest absolute Gasteiger partial charge is 0.481 e. The summed E-state index contributed by atoms with van der Waals surface area (Å²) in [7, 11) is 0. The van der Waals surface area contributed by atoms with Gasteiger partial charge in [-0.1, -0.05) is 0 Å². The van der Waals surface area contributed by atoms with E-state index in [0.717, 1.165) is 32.3 Å². The van der Waals surface area contributed by atoms with Crippen LogP contribution in [-0.4, -0.2) is 35.9 Å². The molecule has 3 aliphatic rings. The average Bonchev–Trinajstić information content (AvgIpc) is 2.86. The van der Waals surface area contributed by atoms with Crippen LogP contribution in [0.15, 0.2) is 0 Å². The van der Waals surface area contributed by atoms with Crippen molar-refractivity contribution < 1.29 is 14.6 Å². The minimum atomic E-state index is -0.597. The van der Waals surface area contributed by atoms with Crippen LogP contribution in [0.1, 0.15) is 39.0 Å². The van der Waals surface area contributed by atoms with Crippen molar-refractivity contribution in [2.45, 2.75) is 57.2 Å². The first-order valence-electron chi connectivity index (χ1n) is 7.29. The molecule has 3 fully saturated rings. The molecule has 0 amide bonds. The number of fused-ring (bicyclic) bond motifs is 2. The Labute approximate surface area is 108 Å². The number of carboxylic acids is 1. The topological polar surface area (TPSA) is 58.6 Å². The van der Waals surface area contributed by atoms with Gasteiger partial charge in [0.2, 0.25) is 0 Å². The normalized spacial score (nSPS) is 46.1. The zero-order valence-electron chi connectivity index (χ0n) is 11.0. The monoisotopic (exact) mass is 253 g/mol. The van der Waals surface area contributed by atoms with Crippen molar-refractivity contribution in [1.29, 1.82) is 0 Å². The molecule has 0 heterocycles. The van der Waals surface area contributed by atoms with E-state index in [4.69, 9.17) is 4.74 Å². The van der Waals surface area contributed by atoms with E-state index < -0.39 is 5.97 Å². The van der Waals surface area contributed by atoms with Gasteiger partial charge >= 0.3 is 5.97 Å².